The van der Waals surface area contributed by atoms with E-state index in [4.69, 9.17) is 9.47 Å². The van der Waals surface area contributed by atoms with Gasteiger partial charge in [0.25, 0.3) is 0 Å². The van der Waals surface area contributed by atoms with Gasteiger partial charge in [-0.05, 0) is 31.6 Å². The van der Waals surface area contributed by atoms with Crippen molar-refractivity contribution in [1.82, 2.24) is 5.32 Å². The fraction of sp³-hybridized carbons (Fsp3) is 1.00. The second-order valence-electron chi connectivity index (χ2n) is 4.76. The molecule has 15 heavy (non-hydrogen) atoms. The van der Waals surface area contributed by atoms with Crippen LogP contribution in [0.25, 0.3) is 0 Å². The largest absolute Gasteiger partial charge is 0.354 e. The Kier molecular flexibility index (Phi) is 5.03. The van der Waals surface area contributed by atoms with E-state index in [9.17, 15) is 0 Å². The quantitative estimate of drug-likeness (QED) is 0.629. The zero-order chi connectivity index (χ0) is 11.3. The molecule has 1 saturated carbocycles. The Hall–Kier alpha value is -0.120. The van der Waals surface area contributed by atoms with Crippen molar-refractivity contribution >= 4 is 0 Å². The van der Waals surface area contributed by atoms with E-state index in [0.717, 1.165) is 6.54 Å². The maximum absolute atomic E-state index is 5.22. The van der Waals surface area contributed by atoms with Gasteiger partial charge < -0.3 is 14.8 Å². The molecule has 1 rings (SSSR count). The Morgan fingerprint density at radius 1 is 1.27 bits per heavy atom. The molecule has 1 fully saturated rings. The van der Waals surface area contributed by atoms with Crippen LogP contribution in [-0.4, -0.2) is 33.1 Å². The van der Waals surface area contributed by atoms with Crippen LogP contribution in [-0.2, 0) is 9.47 Å². The normalized spacial score (nSPS) is 20.6. The highest BCUT2D eigenvalue weighted by atomic mass is 16.7. The number of rotatable bonds is 8. The van der Waals surface area contributed by atoms with Crippen molar-refractivity contribution in [2.45, 2.75) is 51.9 Å². The molecule has 3 nitrogen and oxygen atoms in total. The average molecular weight is 215 g/mol. The summed E-state index contributed by atoms with van der Waals surface area (Å²) in [7, 11) is 3.37. The molecule has 0 amide bonds. The standard InChI is InChI=1S/C12H25NO2/c1-5-6-12(7-8-12)9-13-10(2)11(14-3)15-4/h10-11,13H,5-9H2,1-4H3. The van der Waals surface area contributed by atoms with Crippen molar-refractivity contribution in [3.05, 3.63) is 0 Å². The van der Waals surface area contributed by atoms with E-state index < -0.39 is 0 Å². The number of hydrogen-bond donors (Lipinski definition) is 1. The Bertz CT molecular complexity index is 176. The summed E-state index contributed by atoms with van der Waals surface area (Å²) in [5, 5.41) is 3.52. The first-order valence-electron chi connectivity index (χ1n) is 5.96. The van der Waals surface area contributed by atoms with Crippen LogP contribution in [0.2, 0.25) is 0 Å². The van der Waals surface area contributed by atoms with E-state index in [0.29, 0.717) is 5.41 Å². The molecular weight excluding hydrogens is 190 g/mol. The molecule has 3 heteroatoms. The second kappa shape index (κ2) is 5.83. The van der Waals surface area contributed by atoms with Gasteiger partial charge in [-0.3, -0.25) is 0 Å². The van der Waals surface area contributed by atoms with Gasteiger partial charge in [-0.2, -0.15) is 0 Å². The molecule has 1 N–H and O–H groups in total. The first kappa shape index (κ1) is 12.9. The third-order valence-electron chi connectivity index (χ3n) is 3.41. The minimum absolute atomic E-state index is 0.137. The van der Waals surface area contributed by atoms with Gasteiger partial charge in [0.05, 0.1) is 6.04 Å². The molecule has 0 bridgehead atoms. The lowest BCUT2D eigenvalue weighted by Gasteiger charge is -2.24. The van der Waals surface area contributed by atoms with Crippen molar-refractivity contribution in [3.8, 4) is 0 Å². The molecule has 0 aromatic rings. The van der Waals surface area contributed by atoms with Gasteiger partial charge in [-0.1, -0.05) is 13.3 Å². The minimum Gasteiger partial charge on any atom is -0.354 e. The highest BCUT2D eigenvalue weighted by Crippen LogP contribution is 2.48. The predicted octanol–water partition coefficient (Wildman–Crippen LogP) is 2.16. The van der Waals surface area contributed by atoms with Crippen molar-refractivity contribution in [2.24, 2.45) is 5.41 Å². The highest BCUT2D eigenvalue weighted by Gasteiger charge is 2.41. The fourth-order valence-electron chi connectivity index (χ4n) is 2.20. The summed E-state index contributed by atoms with van der Waals surface area (Å²) < 4.78 is 10.4. The van der Waals surface area contributed by atoms with Crippen LogP contribution >= 0.6 is 0 Å². The SMILES string of the molecule is CCCC1(CNC(C)C(OC)OC)CC1. The number of methoxy groups -OCH3 is 2. The van der Waals surface area contributed by atoms with Crippen molar-refractivity contribution in [2.75, 3.05) is 20.8 Å². The Morgan fingerprint density at radius 3 is 2.27 bits per heavy atom. The summed E-state index contributed by atoms with van der Waals surface area (Å²) in [6.45, 7) is 5.47. The third-order valence-corrected chi connectivity index (χ3v) is 3.41. The lowest BCUT2D eigenvalue weighted by molar-refractivity contribution is -0.119. The number of ether oxygens (including phenoxy) is 2. The van der Waals surface area contributed by atoms with Gasteiger partial charge in [0.2, 0.25) is 0 Å². The summed E-state index contributed by atoms with van der Waals surface area (Å²) in [5.41, 5.74) is 0.592. The molecule has 0 aromatic carbocycles. The van der Waals surface area contributed by atoms with Gasteiger partial charge in [-0.25, -0.2) is 0 Å². The van der Waals surface area contributed by atoms with E-state index in [1.165, 1.54) is 25.7 Å². The van der Waals surface area contributed by atoms with Gasteiger partial charge in [0.15, 0.2) is 6.29 Å². The molecule has 0 spiro atoms. The first-order chi connectivity index (χ1) is 7.17. The topological polar surface area (TPSA) is 30.5 Å². The highest BCUT2D eigenvalue weighted by molar-refractivity contribution is 4.94. The molecule has 0 aromatic heterocycles. The van der Waals surface area contributed by atoms with E-state index in [1.54, 1.807) is 14.2 Å². The van der Waals surface area contributed by atoms with Gasteiger partial charge in [0, 0.05) is 20.8 Å². The Balaban J connectivity index is 2.24. The van der Waals surface area contributed by atoms with Gasteiger partial charge in [0.1, 0.15) is 0 Å². The molecule has 0 radical (unpaired) electrons. The zero-order valence-electron chi connectivity index (χ0n) is 10.5. The van der Waals surface area contributed by atoms with Crippen LogP contribution in [0.4, 0.5) is 0 Å². The molecule has 1 unspecified atom stereocenters. The summed E-state index contributed by atoms with van der Waals surface area (Å²) in [6.07, 6.45) is 5.25. The molecule has 1 atom stereocenters. The lowest BCUT2D eigenvalue weighted by atomic mass is 10.0. The zero-order valence-corrected chi connectivity index (χ0v) is 10.5. The van der Waals surface area contributed by atoms with Crippen LogP contribution < -0.4 is 5.32 Å². The van der Waals surface area contributed by atoms with Gasteiger partial charge >= 0.3 is 0 Å². The third kappa shape index (κ3) is 3.74. The van der Waals surface area contributed by atoms with E-state index in [-0.39, 0.29) is 12.3 Å². The predicted molar refractivity (Wildman–Crippen MR) is 61.8 cm³/mol. The van der Waals surface area contributed by atoms with Crippen LogP contribution in [0.1, 0.15) is 39.5 Å². The maximum Gasteiger partial charge on any atom is 0.171 e. The lowest BCUT2D eigenvalue weighted by Crippen LogP contribution is -2.42. The molecule has 1 aliphatic rings. The Morgan fingerprint density at radius 2 is 1.87 bits per heavy atom. The van der Waals surface area contributed by atoms with Crippen LogP contribution in [0.5, 0.6) is 0 Å². The van der Waals surface area contributed by atoms with Crippen LogP contribution in [0, 0.1) is 5.41 Å². The fourth-order valence-corrected chi connectivity index (χ4v) is 2.20. The first-order valence-corrected chi connectivity index (χ1v) is 5.96. The number of hydrogen-bond acceptors (Lipinski definition) is 3. The van der Waals surface area contributed by atoms with Crippen molar-refractivity contribution in [1.29, 1.82) is 0 Å². The molecule has 1 aliphatic carbocycles. The van der Waals surface area contributed by atoms with Crippen molar-refractivity contribution in [3.63, 3.8) is 0 Å². The van der Waals surface area contributed by atoms with Gasteiger partial charge in [-0.15, -0.1) is 0 Å². The summed E-state index contributed by atoms with van der Waals surface area (Å²) in [6, 6.07) is 0.259. The van der Waals surface area contributed by atoms with Crippen LogP contribution in [0.3, 0.4) is 0 Å². The molecule has 90 valence electrons. The summed E-state index contributed by atoms with van der Waals surface area (Å²) >= 11 is 0. The molecule has 0 saturated heterocycles. The maximum atomic E-state index is 5.22. The Labute approximate surface area is 93.5 Å². The molecule has 0 heterocycles. The van der Waals surface area contributed by atoms with E-state index in [2.05, 4.69) is 19.2 Å². The molecule has 0 aliphatic heterocycles. The summed E-state index contributed by atoms with van der Waals surface area (Å²) in [5.74, 6) is 0. The van der Waals surface area contributed by atoms with E-state index >= 15 is 0 Å². The van der Waals surface area contributed by atoms with Crippen LogP contribution in [0.15, 0.2) is 0 Å². The second-order valence-corrected chi connectivity index (χ2v) is 4.76. The van der Waals surface area contributed by atoms with E-state index in [1.807, 2.05) is 0 Å². The minimum atomic E-state index is -0.137. The summed E-state index contributed by atoms with van der Waals surface area (Å²) in [4.78, 5) is 0. The van der Waals surface area contributed by atoms with Crippen molar-refractivity contribution < 1.29 is 9.47 Å². The smallest absolute Gasteiger partial charge is 0.171 e. The average Bonchev–Trinajstić information content (AvgIpc) is 2.98. The molecular formula is C12H25NO2. The number of nitrogens with one attached hydrogen (secondary N) is 1. The monoisotopic (exact) mass is 215 g/mol.